The van der Waals surface area contributed by atoms with E-state index in [1.807, 2.05) is 6.07 Å². The first-order valence-electron chi connectivity index (χ1n) is 7.05. The number of carbonyl (C=O) groups excluding carboxylic acids is 1. The number of aromatic nitrogens is 2. The minimum Gasteiger partial charge on any atom is -0.478 e. The lowest BCUT2D eigenvalue weighted by molar-refractivity contribution is -0.118. The Labute approximate surface area is 140 Å². The van der Waals surface area contributed by atoms with Crippen LogP contribution in [0.1, 0.15) is 0 Å². The number of rotatable bonds is 2. The average Bonchev–Trinajstić information content (AvgIpc) is 3.04. The Morgan fingerprint density at radius 3 is 3.08 bits per heavy atom. The van der Waals surface area contributed by atoms with Crippen LogP contribution in [0.5, 0.6) is 5.75 Å². The number of fused-ring (bicyclic) bond motifs is 1. The van der Waals surface area contributed by atoms with Gasteiger partial charge >= 0.3 is 0 Å². The molecule has 0 atom stereocenters. The lowest BCUT2D eigenvalue weighted by Gasteiger charge is -2.18. The molecule has 120 valence electrons. The zero-order valence-corrected chi connectivity index (χ0v) is 13.1. The number of amides is 1. The quantitative estimate of drug-likeness (QED) is 0.747. The summed E-state index contributed by atoms with van der Waals surface area (Å²) in [4.78, 5) is 20.0. The Hall–Kier alpha value is -3.00. The molecule has 3 aromatic rings. The third-order valence-corrected chi connectivity index (χ3v) is 4.41. The minimum absolute atomic E-state index is 0.0466. The molecule has 3 heterocycles. The van der Waals surface area contributed by atoms with E-state index in [2.05, 4.69) is 15.3 Å². The zero-order valence-electron chi connectivity index (χ0n) is 12.2. The van der Waals surface area contributed by atoms with Crippen LogP contribution in [0, 0.1) is 5.82 Å². The van der Waals surface area contributed by atoms with Crippen LogP contribution in [0.2, 0.25) is 0 Å². The number of nitrogens with zero attached hydrogens (tertiary/aromatic N) is 2. The molecule has 3 N–H and O–H groups in total. The molecule has 1 aliphatic heterocycles. The van der Waals surface area contributed by atoms with Gasteiger partial charge in [-0.1, -0.05) is 0 Å². The number of benzene rings is 1. The Kier molecular flexibility index (Phi) is 3.39. The second-order valence-electron chi connectivity index (χ2n) is 5.15. The molecular weight excluding hydrogens is 331 g/mol. The first-order valence-corrected chi connectivity index (χ1v) is 7.93. The molecule has 0 aliphatic carbocycles. The normalized spacial score (nSPS) is 13.1. The molecule has 24 heavy (non-hydrogen) atoms. The van der Waals surface area contributed by atoms with Gasteiger partial charge in [0.2, 0.25) is 0 Å². The van der Waals surface area contributed by atoms with Crippen LogP contribution in [0.25, 0.3) is 21.8 Å². The van der Waals surface area contributed by atoms with Crippen LogP contribution >= 0.6 is 11.3 Å². The fourth-order valence-corrected chi connectivity index (χ4v) is 3.30. The van der Waals surface area contributed by atoms with Gasteiger partial charge in [-0.2, -0.15) is 0 Å². The third kappa shape index (κ3) is 2.46. The molecule has 0 unspecified atom stereocenters. The number of nitrogens with one attached hydrogen (secondary N) is 1. The van der Waals surface area contributed by atoms with Crippen molar-refractivity contribution in [3.8, 4) is 27.6 Å². The van der Waals surface area contributed by atoms with Crippen LogP contribution in [0.4, 0.5) is 15.9 Å². The minimum atomic E-state index is -0.544. The van der Waals surface area contributed by atoms with Crippen LogP contribution in [0.3, 0.4) is 0 Å². The van der Waals surface area contributed by atoms with Crippen molar-refractivity contribution in [2.75, 3.05) is 17.7 Å². The van der Waals surface area contributed by atoms with Crippen molar-refractivity contribution in [1.82, 2.24) is 9.97 Å². The number of nitrogens with two attached hydrogens (primary N) is 1. The molecule has 0 bridgehead atoms. The number of halogens is 1. The van der Waals surface area contributed by atoms with Gasteiger partial charge in [0.1, 0.15) is 10.8 Å². The monoisotopic (exact) mass is 342 g/mol. The molecule has 0 saturated heterocycles. The second-order valence-corrected chi connectivity index (χ2v) is 6.00. The highest BCUT2D eigenvalue weighted by Crippen LogP contribution is 2.37. The van der Waals surface area contributed by atoms with Gasteiger partial charge in [0.15, 0.2) is 18.2 Å². The largest absolute Gasteiger partial charge is 0.478 e. The molecule has 0 spiro atoms. The first kappa shape index (κ1) is 14.6. The van der Waals surface area contributed by atoms with Gasteiger partial charge in [-0.25, -0.2) is 14.4 Å². The van der Waals surface area contributed by atoms with Crippen LogP contribution in [0.15, 0.2) is 35.8 Å². The fraction of sp³-hybridized carbons (Fsp3) is 0.0625. The van der Waals surface area contributed by atoms with Crippen LogP contribution in [-0.4, -0.2) is 22.5 Å². The van der Waals surface area contributed by atoms with E-state index in [-0.39, 0.29) is 18.3 Å². The van der Waals surface area contributed by atoms with E-state index in [9.17, 15) is 9.18 Å². The van der Waals surface area contributed by atoms with E-state index in [4.69, 9.17) is 10.5 Å². The highest BCUT2D eigenvalue weighted by Gasteiger charge is 2.22. The number of pyridine rings is 1. The average molecular weight is 342 g/mol. The fourth-order valence-electron chi connectivity index (χ4n) is 2.43. The maximum Gasteiger partial charge on any atom is 0.262 e. The van der Waals surface area contributed by atoms with Gasteiger partial charge in [0.05, 0.1) is 16.9 Å². The molecule has 2 aromatic heterocycles. The summed E-state index contributed by atoms with van der Waals surface area (Å²) in [5.41, 5.74) is 8.02. The molecule has 0 radical (unpaired) electrons. The Morgan fingerprint density at radius 1 is 1.38 bits per heavy atom. The molecular formula is C16H11FN4O2S. The number of hydrogen-bond acceptors (Lipinski definition) is 6. The number of carbonyl (C=O) groups is 1. The summed E-state index contributed by atoms with van der Waals surface area (Å²) in [5.74, 6) is -0.430. The SMILES string of the molecule is Nc1ncccc1-c1nc(-c2cc(F)c3c(c2)NC(=O)CO3)cs1. The molecule has 1 aromatic carbocycles. The maximum atomic E-state index is 14.2. The lowest BCUT2D eigenvalue weighted by Crippen LogP contribution is -2.26. The van der Waals surface area contributed by atoms with Crippen molar-refractivity contribution >= 4 is 28.7 Å². The van der Waals surface area contributed by atoms with Crippen molar-refractivity contribution in [3.05, 3.63) is 41.7 Å². The number of thiazole rings is 1. The summed E-state index contributed by atoms with van der Waals surface area (Å²) < 4.78 is 19.3. The van der Waals surface area contributed by atoms with Gasteiger partial charge < -0.3 is 15.8 Å². The van der Waals surface area contributed by atoms with Crippen molar-refractivity contribution in [3.63, 3.8) is 0 Å². The number of ether oxygens (including phenoxy) is 1. The van der Waals surface area contributed by atoms with Gasteiger partial charge in [-0.3, -0.25) is 4.79 Å². The van der Waals surface area contributed by atoms with Gasteiger partial charge in [-0.15, -0.1) is 11.3 Å². The van der Waals surface area contributed by atoms with Crippen molar-refractivity contribution in [2.24, 2.45) is 0 Å². The van der Waals surface area contributed by atoms with Crippen molar-refractivity contribution < 1.29 is 13.9 Å². The Balaban J connectivity index is 1.75. The summed E-state index contributed by atoms with van der Waals surface area (Å²) in [7, 11) is 0. The topological polar surface area (TPSA) is 90.1 Å². The summed E-state index contributed by atoms with van der Waals surface area (Å²) in [6.07, 6.45) is 1.61. The van der Waals surface area contributed by atoms with Crippen LogP contribution in [-0.2, 0) is 4.79 Å². The standard InChI is InChI=1S/C16H11FN4O2S/c17-10-4-8(5-11-14(10)23-6-13(22)20-11)12-7-24-16(21-12)9-2-1-3-19-15(9)18/h1-5,7H,6H2,(H2,18,19)(H,20,22). The van der Waals surface area contributed by atoms with Crippen molar-refractivity contribution in [2.45, 2.75) is 0 Å². The van der Waals surface area contributed by atoms with E-state index in [1.54, 1.807) is 23.7 Å². The predicted octanol–water partition coefficient (Wildman–Crippen LogP) is 2.92. The number of nitrogen functional groups attached to an aromatic ring is 1. The maximum absolute atomic E-state index is 14.2. The molecule has 1 aliphatic rings. The molecule has 0 fully saturated rings. The van der Waals surface area contributed by atoms with E-state index in [0.29, 0.717) is 27.8 Å². The van der Waals surface area contributed by atoms with E-state index in [1.165, 1.54) is 17.4 Å². The number of anilines is 2. The summed E-state index contributed by atoms with van der Waals surface area (Å²) in [6.45, 7) is -0.190. The van der Waals surface area contributed by atoms with Gasteiger partial charge in [-0.05, 0) is 24.3 Å². The van der Waals surface area contributed by atoms with Crippen LogP contribution < -0.4 is 15.8 Å². The summed E-state index contributed by atoms with van der Waals surface area (Å²) in [6, 6.07) is 6.58. The smallest absolute Gasteiger partial charge is 0.262 e. The molecule has 0 saturated carbocycles. The Bertz CT molecular complexity index is 957. The summed E-state index contributed by atoms with van der Waals surface area (Å²) >= 11 is 1.38. The van der Waals surface area contributed by atoms with Gasteiger partial charge in [0.25, 0.3) is 5.91 Å². The molecule has 8 heteroatoms. The number of hydrogen-bond donors (Lipinski definition) is 2. The lowest BCUT2D eigenvalue weighted by atomic mass is 10.1. The van der Waals surface area contributed by atoms with E-state index >= 15 is 0 Å². The van der Waals surface area contributed by atoms with Crippen molar-refractivity contribution in [1.29, 1.82) is 0 Å². The first-order chi connectivity index (χ1) is 11.6. The van der Waals surface area contributed by atoms with E-state index in [0.717, 1.165) is 5.56 Å². The highest BCUT2D eigenvalue weighted by molar-refractivity contribution is 7.13. The van der Waals surface area contributed by atoms with Gasteiger partial charge in [0, 0.05) is 17.1 Å². The third-order valence-electron chi connectivity index (χ3n) is 3.53. The molecule has 4 rings (SSSR count). The molecule has 6 nitrogen and oxygen atoms in total. The predicted molar refractivity (Wildman–Crippen MR) is 89.3 cm³/mol. The highest BCUT2D eigenvalue weighted by atomic mass is 32.1. The summed E-state index contributed by atoms with van der Waals surface area (Å²) in [5, 5.41) is 5.09. The van der Waals surface area contributed by atoms with E-state index < -0.39 is 5.82 Å². The second kappa shape index (κ2) is 5.57. The molecule has 1 amide bonds. The Morgan fingerprint density at radius 2 is 2.25 bits per heavy atom. The zero-order chi connectivity index (χ0) is 16.7.